The highest BCUT2D eigenvalue weighted by Gasteiger charge is 2.49. The minimum Gasteiger partial charge on any atom is -0.301 e. The third-order valence-electron chi connectivity index (χ3n) is 4.90. The van der Waals surface area contributed by atoms with Crippen LogP contribution in [0.4, 0.5) is 0 Å². The molecule has 0 aromatic rings. The second kappa shape index (κ2) is 9.53. The molecule has 0 saturated heterocycles. The van der Waals surface area contributed by atoms with Gasteiger partial charge < -0.3 is 4.79 Å². The van der Waals surface area contributed by atoms with Gasteiger partial charge in [0.05, 0.1) is 9.81 Å². The van der Waals surface area contributed by atoms with Crippen molar-refractivity contribution in [1.82, 2.24) is 9.80 Å². The molecule has 2 unspecified atom stereocenters. The van der Waals surface area contributed by atoms with Crippen LogP contribution >= 0.6 is 23.5 Å². The third kappa shape index (κ3) is 4.37. The Labute approximate surface area is 177 Å². The summed E-state index contributed by atoms with van der Waals surface area (Å²) in [7, 11) is 0. The van der Waals surface area contributed by atoms with E-state index in [0.717, 1.165) is 35.7 Å². The molecule has 0 N–H and O–H groups in total. The SMILES string of the molecule is CC[C@@H](C)CC(=O)C(C(C=O)N1C(=O)C=C(SC)C1=O)N1C(=O)C=C(SC)C1=O. The van der Waals surface area contributed by atoms with E-state index < -0.39 is 41.5 Å². The number of hydrogen-bond acceptors (Lipinski definition) is 8. The van der Waals surface area contributed by atoms with Gasteiger partial charge in [-0.1, -0.05) is 20.3 Å². The van der Waals surface area contributed by atoms with Crippen molar-refractivity contribution in [1.29, 1.82) is 0 Å². The zero-order valence-corrected chi connectivity index (χ0v) is 18.2. The normalized spacial score (nSPS) is 20.0. The fraction of sp³-hybridized carbons (Fsp3) is 0.474. The predicted octanol–water partition coefficient (Wildman–Crippen LogP) is 1.16. The van der Waals surface area contributed by atoms with Crippen LogP contribution in [0.25, 0.3) is 0 Å². The van der Waals surface area contributed by atoms with E-state index in [9.17, 15) is 28.8 Å². The van der Waals surface area contributed by atoms with Gasteiger partial charge in [0.1, 0.15) is 18.4 Å². The highest BCUT2D eigenvalue weighted by molar-refractivity contribution is 8.03. The number of ketones is 1. The van der Waals surface area contributed by atoms with E-state index in [1.807, 2.05) is 13.8 Å². The van der Waals surface area contributed by atoms with Gasteiger partial charge in [-0.15, -0.1) is 23.5 Å². The van der Waals surface area contributed by atoms with E-state index >= 15 is 0 Å². The van der Waals surface area contributed by atoms with Gasteiger partial charge in [-0.05, 0) is 18.4 Å². The molecule has 0 radical (unpaired) electrons. The van der Waals surface area contributed by atoms with Gasteiger partial charge in [0.15, 0.2) is 5.78 Å². The molecule has 0 aliphatic carbocycles. The van der Waals surface area contributed by atoms with Crippen LogP contribution < -0.4 is 0 Å². The number of aldehydes is 1. The first-order chi connectivity index (χ1) is 13.7. The lowest BCUT2D eigenvalue weighted by Crippen LogP contribution is -2.60. The summed E-state index contributed by atoms with van der Waals surface area (Å²) >= 11 is 2.08. The number of carbonyl (C=O) groups excluding carboxylic acids is 6. The Bertz CT molecular complexity index is 835. The molecule has 2 aliphatic rings. The highest BCUT2D eigenvalue weighted by atomic mass is 32.2. The molecule has 29 heavy (non-hydrogen) atoms. The first kappa shape index (κ1) is 23.1. The minimum absolute atomic E-state index is 0.00377. The zero-order valence-electron chi connectivity index (χ0n) is 16.5. The Morgan fingerprint density at radius 2 is 1.48 bits per heavy atom. The van der Waals surface area contributed by atoms with E-state index in [4.69, 9.17) is 0 Å². The maximum Gasteiger partial charge on any atom is 0.268 e. The maximum atomic E-state index is 13.1. The number of imide groups is 2. The Morgan fingerprint density at radius 1 is 1.00 bits per heavy atom. The Morgan fingerprint density at radius 3 is 1.90 bits per heavy atom. The largest absolute Gasteiger partial charge is 0.301 e. The molecule has 8 nitrogen and oxygen atoms in total. The number of Topliss-reactive ketones (excluding diaryl/α,β-unsaturated/α-hetero) is 1. The summed E-state index contributed by atoms with van der Waals surface area (Å²) < 4.78 is 0. The van der Waals surface area contributed by atoms with Crippen molar-refractivity contribution in [3.63, 3.8) is 0 Å². The van der Waals surface area contributed by atoms with Crippen molar-refractivity contribution in [2.75, 3.05) is 12.5 Å². The number of thioether (sulfide) groups is 2. The summed E-state index contributed by atoms with van der Waals surface area (Å²) in [6.45, 7) is 3.70. The van der Waals surface area contributed by atoms with Gasteiger partial charge in [0, 0.05) is 18.6 Å². The molecule has 0 aromatic carbocycles. The van der Waals surface area contributed by atoms with Crippen LogP contribution in [0.2, 0.25) is 0 Å². The van der Waals surface area contributed by atoms with Crippen LogP contribution in [0.15, 0.2) is 22.0 Å². The first-order valence-corrected chi connectivity index (χ1v) is 11.4. The van der Waals surface area contributed by atoms with E-state index in [0.29, 0.717) is 16.2 Å². The second-order valence-electron chi connectivity index (χ2n) is 6.71. The molecule has 0 aromatic heterocycles. The minimum atomic E-state index is -1.59. The van der Waals surface area contributed by atoms with Gasteiger partial charge in [0.2, 0.25) is 0 Å². The molecular formula is C19H22N2O6S2. The monoisotopic (exact) mass is 438 g/mol. The van der Waals surface area contributed by atoms with Gasteiger partial charge in [0.25, 0.3) is 23.6 Å². The van der Waals surface area contributed by atoms with Crippen LogP contribution in [0.3, 0.4) is 0 Å². The number of rotatable bonds is 10. The number of carbonyl (C=O) groups is 6. The molecule has 0 saturated carbocycles. The van der Waals surface area contributed by atoms with Gasteiger partial charge in [-0.2, -0.15) is 0 Å². The van der Waals surface area contributed by atoms with Crippen molar-refractivity contribution >= 4 is 59.2 Å². The number of nitrogens with zero attached hydrogens (tertiary/aromatic N) is 2. The third-order valence-corrected chi connectivity index (χ3v) is 6.36. The van der Waals surface area contributed by atoms with Crippen LogP contribution in [0.1, 0.15) is 26.7 Å². The van der Waals surface area contributed by atoms with Crippen LogP contribution in [0.5, 0.6) is 0 Å². The molecule has 0 spiro atoms. The second-order valence-corrected chi connectivity index (χ2v) is 8.40. The average molecular weight is 439 g/mol. The molecule has 2 rings (SSSR count). The summed E-state index contributed by atoms with van der Waals surface area (Å²) in [4.78, 5) is 76.9. The molecule has 0 bridgehead atoms. The quantitative estimate of drug-likeness (QED) is 0.369. The number of amides is 4. The van der Waals surface area contributed by atoms with Crippen LogP contribution in [-0.2, 0) is 28.8 Å². The van der Waals surface area contributed by atoms with E-state index in [1.165, 1.54) is 0 Å². The van der Waals surface area contributed by atoms with Crippen molar-refractivity contribution < 1.29 is 28.8 Å². The molecule has 2 heterocycles. The van der Waals surface area contributed by atoms with Crippen molar-refractivity contribution in [3.8, 4) is 0 Å². The predicted molar refractivity (Wildman–Crippen MR) is 110 cm³/mol. The molecule has 3 atom stereocenters. The van der Waals surface area contributed by atoms with Gasteiger partial charge in [-0.3, -0.25) is 33.8 Å². The fourth-order valence-corrected chi connectivity index (χ4v) is 4.12. The lowest BCUT2D eigenvalue weighted by atomic mass is 9.92. The molecule has 10 heteroatoms. The molecule has 2 aliphatic heterocycles. The highest BCUT2D eigenvalue weighted by Crippen LogP contribution is 2.30. The topological polar surface area (TPSA) is 109 Å². The Hall–Kier alpha value is -2.20. The lowest BCUT2D eigenvalue weighted by molar-refractivity contribution is -0.154. The Balaban J connectivity index is 2.49. The summed E-state index contributed by atoms with van der Waals surface area (Å²) in [6, 6.07) is -3.15. The van der Waals surface area contributed by atoms with E-state index in [1.54, 1.807) is 12.5 Å². The smallest absolute Gasteiger partial charge is 0.268 e. The van der Waals surface area contributed by atoms with Crippen molar-refractivity contribution in [3.05, 3.63) is 22.0 Å². The molecule has 156 valence electrons. The Kier molecular flexibility index (Phi) is 7.59. The van der Waals surface area contributed by atoms with Crippen molar-refractivity contribution in [2.45, 2.75) is 38.8 Å². The first-order valence-electron chi connectivity index (χ1n) is 8.96. The molecular weight excluding hydrogens is 416 g/mol. The van der Waals surface area contributed by atoms with Gasteiger partial charge >= 0.3 is 0 Å². The fourth-order valence-electron chi connectivity index (χ4n) is 3.13. The van der Waals surface area contributed by atoms with E-state index in [-0.39, 0.29) is 28.4 Å². The number of hydrogen-bond donors (Lipinski definition) is 0. The summed E-state index contributed by atoms with van der Waals surface area (Å²) in [6.07, 6.45) is 6.33. The van der Waals surface area contributed by atoms with Crippen molar-refractivity contribution in [2.24, 2.45) is 5.92 Å². The maximum absolute atomic E-state index is 13.1. The molecule has 0 fully saturated rings. The van der Waals surface area contributed by atoms with E-state index in [2.05, 4.69) is 0 Å². The lowest BCUT2D eigenvalue weighted by Gasteiger charge is -2.34. The average Bonchev–Trinajstić information content (AvgIpc) is 3.14. The summed E-state index contributed by atoms with van der Waals surface area (Å²) in [5.74, 6) is -3.55. The van der Waals surface area contributed by atoms with Crippen LogP contribution in [0, 0.1) is 5.92 Å². The zero-order chi connectivity index (χ0) is 21.9. The van der Waals surface area contributed by atoms with Gasteiger partial charge in [-0.25, -0.2) is 0 Å². The summed E-state index contributed by atoms with van der Waals surface area (Å²) in [5, 5.41) is 0. The van der Waals surface area contributed by atoms with Crippen LogP contribution in [-0.4, -0.2) is 70.1 Å². The molecule has 4 amide bonds. The standard InChI is InChI=1S/C19H22N2O6S2/c1-5-10(2)6-12(23)17(21-16(25)8-14(29-4)19(21)27)11(9-22)20-15(24)7-13(28-3)18(20)26/h7-11,17H,5-6H2,1-4H3/t10-,11?,17?/m1/s1. The summed E-state index contributed by atoms with van der Waals surface area (Å²) in [5.41, 5.74) is 0.